The fraction of sp³-hybridized carbons (Fsp3) is 0. The first kappa shape index (κ1) is 10.2. The first-order valence-corrected chi connectivity index (χ1v) is 5.92. The standard InChI is InChI=1S/C15H8N2O2/c18-14-10-6-3-7-16-12(10)13-11(14)8-4-1-2-5-9(8)15(19)17-13/h1-7H,(H,17,19). The van der Waals surface area contributed by atoms with Crippen molar-refractivity contribution in [2.75, 3.05) is 0 Å². The molecule has 0 fully saturated rings. The van der Waals surface area contributed by atoms with E-state index in [1.807, 2.05) is 6.07 Å². The van der Waals surface area contributed by atoms with Gasteiger partial charge in [0, 0.05) is 17.0 Å². The second-order valence-corrected chi connectivity index (χ2v) is 4.48. The number of aromatic amines is 1. The van der Waals surface area contributed by atoms with E-state index in [9.17, 15) is 9.59 Å². The topological polar surface area (TPSA) is 62.8 Å². The highest BCUT2D eigenvalue weighted by Gasteiger charge is 2.30. The number of ketones is 1. The van der Waals surface area contributed by atoms with Gasteiger partial charge in [0.15, 0.2) is 5.78 Å². The second-order valence-electron chi connectivity index (χ2n) is 4.48. The number of carbonyl (C=O) groups excluding carboxylic acids is 1. The van der Waals surface area contributed by atoms with Crippen molar-refractivity contribution >= 4 is 16.6 Å². The van der Waals surface area contributed by atoms with Gasteiger partial charge in [-0.2, -0.15) is 0 Å². The number of carbonyl (C=O) groups is 1. The molecule has 1 aliphatic rings. The molecule has 0 saturated heterocycles. The first-order chi connectivity index (χ1) is 9.27. The number of rotatable bonds is 0. The van der Waals surface area contributed by atoms with Crippen molar-refractivity contribution < 1.29 is 4.79 Å². The average molecular weight is 248 g/mol. The lowest BCUT2D eigenvalue weighted by atomic mass is 10.0. The van der Waals surface area contributed by atoms with Crippen molar-refractivity contribution in [3.63, 3.8) is 0 Å². The fourth-order valence-corrected chi connectivity index (χ4v) is 2.61. The van der Waals surface area contributed by atoms with Crippen LogP contribution in [0, 0.1) is 0 Å². The minimum absolute atomic E-state index is 0.0782. The minimum Gasteiger partial charge on any atom is -0.319 e. The molecule has 0 aliphatic heterocycles. The molecule has 19 heavy (non-hydrogen) atoms. The summed E-state index contributed by atoms with van der Waals surface area (Å²) < 4.78 is 0. The Labute approximate surface area is 107 Å². The van der Waals surface area contributed by atoms with Crippen LogP contribution in [-0.4, -0.2) is 15.8 Å². The zero-order valence-electron chi connectivity index (χ0n) is 9.81. The third kappa shape index (κ3) is 1.20. The fourth-order valence-electron chi connectivity index (χ4n) is 2.61. The van der Waals surface area contributed by atoms with Crippen LogP contribution in [-0.2, 0) is 0 Å². The van der Waals surface area contributed by atoms with Gasteiger partial charge in [0.25, 0.3) is 5.56 Å². The van der Waals surface area contributed by atoms with Gasteiger partial charge < -0.3 is 4.98 Å². The normalized spacial score (nSPS) is 12.5. The Hall–Kier alpha value is -2.75. The Morgan fingerprint density at radius 1 is 0.947 bits per heavy atom. The van der Waals surface area contributed by atoms with Crippen molar-refractivity contribution in [2.45, 2.75) is 0 Å². The van der Waals surface area contributed by atoms with Gasteiger partial charge in [0.05, 0.1) is 22.5 Å². The molecule has 0 bridgehead atoms. The van der Waals surface area contributed by atoms with E-state index in [1.54, 1.807) is 36.5 Å². The van der Waals surface area contributed by atoms with E-state index in [-0.39, 0.29) is 11.3 Å². The van der Waals surface area contributed by atoms with E-state index < -0.39 is 0 Å². The molecule has 1 aliphatic carbocycles. The van der Waals surface area contributed by atoms with Gasteiger partial charge in [0.1, 0.15) is 0 Å². The molecule has 4 rings (SSSR count). The zero-order chi connectivity index (χ0) is 13.0. The molecule has 0 saturated carbocycles. The molecule has 0 unspecified atom stereocenters. The summed E-state index contributed by atoms with van der Waals surface area (Å²) in [5.41, 5.74) is 1.99. The maximum absolute atomic E-state index is 12.5. The summed E-state index contributed by atoms with van der Waals surface area (Å²) in [6.07, 6.45) is 1.62. The lowest BCUT2D eigenvalue weighted by Gasteiger charge is -2.03. The summed E-state index contributed by atoms with van der Waals surface area (Å²) in [5.74, 6) is -0.0782. The molecule has 0 amide bonds. The number of nitrogens with zero attached hydrogens (tertiary/aromatic N) is 1. The highest BCUT2D eigenvalue weighted by Crippen LogP contribution is 2.35. The number of hydrogen-bond donors (Lipinski definition) is 1. The van der Waals surface area contributed by atoms with Crippen LogP contribution in [0.1, 0.15) is 15.9 Å². The van der Waals surface area contributed by atoms with Crippen molar-refractivity contribution in [3.05, 3.63) is 64.1 Å². The molecule has 1 N–H and O–H groups in total. The Balaban J connectivity index is 2.25. The second kappa shape index (κ2) is 3.38. The van der Waals surface area contributed by atoms with Gasteiger partial charge in [-0.3, -0.25) is 14.6 Å². The Bertz CT molecular complexity index is 909. The van der Waals surface area contributed by atoms with E-state index in [1.165, 1.54) is 0 Å². The van der Waals surface area contributed by atoms with E-state index in [4.69, 9.17) is 0 Å². The predicted octanol–water partition coefficient (Wildman–Crippen LogP) is 2.13. The molecule has 1 aromatic carbocycles. The molecular weight excluding hydrogens is 240 g/mol. The molecule has 4 heteroatoms. The Morgan fingerprint density at radius 3 is 2.58 bits per heavy atom. The van der Waals surface area contributed by atoms with Crippen LogP contribution in [0.25, 0.3) is 22.2 Å². The molecule has 0 radical (unpaired) electrons. The van der Waals surface area contributed by atoms with Crippen molar-refractivity contribution in [1.82, 2.24) is 9.97 Å². The zero-order valence-corrected chi connectivity index (χ0v) is 9.81. The average Bonchev–Trinajstić information content (AvgIpc) is 2.73. The van der Waals surface area contributed by atoms with Gasteiger partial charge in [-0.25, -0.2) is 0 Å². The first-order valence-electron chi connectivity index (χ1n) is 5.92. The summed E-state index contributed by atoms with van der Waals surface area (Å²) in [6.45, 7) is 0. The molecule has 4 nitrogen and oxygen atoms in total. The van der Waals surface area contributed by atoms with Gasteiger partial charge in [-0.05, 0) is 18.2 Å². The van der Waals surface area contributed by atoms with Crippen molar-refractivity contribution in [2.24, 2.45) is 0 Å². The lowest BCUT2D eigenvalue weighted by Crippen LogP contribution is -2.09. The minimum atomic E-state index is -0.194. The van der Waals surface area contributed by atoms with E-state index in [0.717, 1.165) is 0 Å². The largest absolute Gasteiger partial charge is 0.319 e. The maximum atomic E-state index is 12.5. The van der Waals surface area contributed by atoms with Crippen LogP contribution in [0.15, 0.2) is 47.4 Å². The third-order valence-corrected chi connectivity index (χ3v) is 3.45. The molecule has 0 atom stereocenters. The van der Waals surface area contributed by atoms with Gasteiger partial charge in [-0.1, -0.05) is 18.2 Å². The van der Waals surface area contributed by atoms with Crippen molar-refractivity contribution in [3.8, 4) is 11.4 Å². The van der Waals surface area contributed by atoms with Gasteiger partial charge in [0.2, 0.25) is 0 Å². The number of aromatic nitrogens is 2. The summed E-state index contributed by atoms with van der Waals surface area (Å²) in [5, 5.41) is 1.21. The summed E-state index contributed by atoms with van der Waals surface area (Å²) in [4.78, 5) is 31.5. The molecule has 3 aromatic rings. The smallest absolute Gasteiger partial charge is 0.256 e. The summed E-state index contributed by atoms with van der Waals surface area (Å²) in [7, 11) is 0. The summed E-state index contributed by atoms with van der Waals surface area (Å²) in [6, 6.07) is 10.6. The van der Waals surface area contributed by atoms with Crippen LogP contribution in [0.5, 0.6) is 0 Å². The Morgan fingerprint density at radius 2 is 1.74 bits per heavy atom. The van der Waals surface area contributed by atoms with Crippen LogP contribution in [0.2, 0.25) is 0 Å². The van der Waals surface area contributed by atoms with Crippen LogP contribution in [0.4, 0.5) is 0 Å². The van der Waals surface area contributed by atoms with Gasteiger partial charge in [-0.15, -0.1) is 0 Å². The quantitative estimate of drug-likeness (QED) is 0.518. The SMILES string of the molecule is O=C1c2cccnc2-c2[nH]c(=O)c3ccccc3c21. The van der Waals surface area contributed by atoms with Crippen LogP contribution in [0.3, 0.4) is 0 Å². The number of nitrogens with one attached hydrogen (secondary N) is 1. The maximum Gasteiger partial charge on any atom is 0.256 e. The molecule has 0 spiro atoms. The monoisotopic (exact) mass is 248 g/mol. The van der Waals surface area contributed by atoms with Crippen molar-refractivity contribution in [1.29, 1.82) is 0 Å². The highest BCUT2D eigenvalue weighted by molar-refractivity contribution is 6.25. The molecule has 90 valence electrons. The molecule has 2 aromatic heterocycles. The highest BCUT2D eigenvalue weighted by atomic mass is 16.1. The third-order valence-electron chi connectivity index (χ3n) is 3.45. The Kier molecular flexibility index (Phi) is 1.82. The van der Waals surface area contributed by atoms with E-state index >= 15 is 0 Å². The van der Waals surface area contributed by atoms with Gasteiger partial charge >= 0.3 is 0 Å². The number of H-pyrrole nitrogens is 1. The lowest BCUT2D eigenvalue weighted by molar-refractivity contribution is 0.104. The number of benzene rings is 1. The van der Waals surface area contributed by atoms with E-state index in [2.05, 4.69) is 9.97 Å². The number of fused-ring (bicyclic) bond motifs is 5. The molecular formula is C15H8N2O2. The van der Waals surface area contributed by atoms with Crippen LogP contribution < -0.4 is 5.56 Å². The van der Waals surface area contributed by atoms with E-state index in [0.29, 0.717) is 33.3 Å². The number of hydrogen-bond acceptors (Lipinski definition) is 3. The predicted molar refractivity (Wildman–Crippen MR) is 71.2 cm³/mol. The summed E-state index contributed by atoms with van der Waals surface area (Å²) >= 11 is 0. The van der Waals surface area contributed by atoms with Crippen LogP contribution >= 0.6 is 0 Å². The molecule has 2 heterocycles. The number of pyridine rings is 2.